The largest absolute Gasteiger partial charge is 0.388 e. The van der Waals surface area contributed by atoms with E-state index in [1.54, 1.807) is 19.2 Å². The van der Waals surface area contributed by atoms with Crippen LogP contribution in [0, 0.1) is 0 Å². The van der Waals surface area contributed by atoms with Crippen molar-refractivity contribution in [2.45, 2.75) is 13.3 Å². The fourth-order valence-electron chi connectivity index (χ4n) is 0.816. The first kappa shape index (κ1) is 13.9. The van der Waals surface area contributed by atoms with Crippen LogP contribution < -0.4 is 5.32 Å². The van der Waals surface area contributed by atoms with Gasteiger partial charge in [-0.15, -0.1) is 0 Å². The van der Waals surface area contributed by atoms with Crippen molar-refractivity contribution in [3.63, 3.8) is 0 Å². The maximum atomic E-state index is 10.4. The summed E-state index contributed by atoms with van der Waals surface area (Å²) in [6.45, 7) is 2.03. The Morgan fingerprint density at radius 1 is 1.40 bits per heavy atom. The molecule has 0 heterocycles. The lowest BCUT2D eigenvalue weighted by atomic mass is 10.3. The smallest absolute Gasteiger partial charge is 0.268 e. The summed E-state index contributed by atoms with van der Waals surface area (Å²) in [5.74, 6) is -0.363. The molecular formula is C10H17NO3S. The second kappa shape index (κ2) is 7.25. The van der Waals surface area contributed by atoms with Crippen molar-refractivity contribution in [1.29, 1.82) is 0 Å². The van der Waals surface area contributed by atoms with Gasteiger partial charge in [-0.05, 0) is 18.6 Å². The molecule has 0 atom stereocenters. The molecule has 0 saturated heterocycles. The van der Waals surface area contributed by atoms with Crippen molar-refractivity contribution in [3.05, 3.63) is 36.1 Å². The molecule has 0 aromatic carbocycles. The van der Waals surface area contributed by atoms with Crippen LogP contribution in [0.3, 0.4) is 0 Å². The molecule has 0 aliphatic rings. The molecule has 4 nitrogen and oxygen atoms in total. The van der Waals surface area contributed by atoms with Gasteiger partial charge in [0.15, 0.2) is 0 Å². The fourth-order valence-corrected chi connectivity index (χ4v) is 1.17. The Hall–Kier alpha value is -1.07. The lowest BCUT2D eigenvalue weighted by Crippen LogP contribution is -2.02. The molecule has 0 aliphatic carbocycles. The standard InChI is InChI=1S/C10H17NO3S/c1-3-4-7-10(11-2)8-5-6-9-15(12,13)14/h4-8,11H,3,9H2,1-2H3,(H,12,13,14)/b6-5-,7-4-,10-8+. The molecule has 0 rings (SSSR count). The Bertz CT molecular complexity index is 353. The lowest BCUT2D eigenvalue weighted by Gasteiger charge is -1.97. The molecule has 86 valence electrons. The third-order valence-electron chi connectivity index (χ3n) is 1.54. The fraction of sp³-hybridized carbons (Fsp3) is 0.400. The van der Waals surface area contributed by atoms with E-state index < -0.39 is 10.1 Å². The van der Waals surface area contributed by atoms with Crippen LogP contribution in [0.2, 0.25) is 0 Å². The Morgan fingerprint density at radius 3 is 2.53 bits per heavy atom. The maximum absolute atomic E-state index is 10.4. The van der Waals surface area contributed by atoms with E-state index in [0.29, 0.717) is 0 Å². The summed E-state index contributed by atoms with van der Waals surface area (Å²) in [7, 11) is -2.12. The first-order chi connectivity index (χ1) is 6.99. The second-order valence-corrected chi connectivity index (χ2v) is 4.36. The van der Waals surface area contributed by atoms with Crippen molar-refractivity contribution in [2.24, 2.45) is 0 Å². The molecule has 0 aromatic rings. The molecule has 5 heteroatoms. The van der Waals surface area contributed by atoms with Crippen molar-refractivity contribution in [3.8, 4) is 0 Å². The van der Waals surface area contributed by atoms with E-state index in [4.69, 9.17) is 4.55 Å². The van der Waals surface area contributed by atoms with Crippen LogP contribution in [0.15, 0.2) is 36.1 Å². The van der Waals surface area contributed by atoms with Gasteiger partial charge in [0, 0.05) is 12.7 Å². The van der Waals surface area contributed by atoms with Gasteiger partial charge in [-0.25, -0.2) is 0 Å². The number of nitrogens with one attached hydrogen (secondary N) is 1. The highest BCUT2D eigenvalue weighted by atomic mass is 32.2. The second-order valence-electron chi connectivity index (χ2n) is 2.86. The van der Waals surface area contributed by atoms with E-state index in [1.165, 1.54) is 6.08 Å². The number of allylic oxidation sites excluding steroid dienone is 4. The molecule has 0 aromatic heterocycles. The number of rotatable bonds is 6. The molecule has 0 fully saturated rings. The summed E-state index contributed by atoms with van der Waals surface area (Å²) in [5.41, 5.74) is 0.878. The predicted octanol–water partition coefficient (Wildman–Crippen LogP) is 1.50. The van der Waals surface area contributed by atoms with Crippen LogP contribution in [0.1, 0.15) is 13.3 Å². The van der Waals surface area contributed by atoms with E-state index in [1.807, 2.05) is 19.1 Å². The molecule has 0 bridgehead atoms. The Morgan fingerprint density at radius 2 is 2.07 bits per heavy atom. The third-order valence-corrected chi connectivity index (χ3v) is 2.15. The molecular weight excluding hydrogens is 214 g/mol. The van der Waals surface area contributed by atoms with Crippen LogP contribution in [-0.4, -0.2) is 25.8 Å². The first-order valence-corrected chi connectivity index (χ1v) is 6.26. The Kier molecular flexibility index (Phi) is 6.73. The van der Waals surface area contributed by atoms with Crippen molar-refractivity contribution in [2.75, 3.05) is 12.8 Å². The van der Waals surface area contributed by atoms with Gasteiger partial charge >= 0.3 is 0 Å². The monoisotopic (exact) mass is 231 g/mol. The first-order valence-electron chi connectivity index (χ1n) is 4.66. The summed E-state index contributed by atoms with van der Waals surface area (Å²) in [6, 6.07) is 0. The molecule has 0 spiro atoms. The van der Waals surface area contributed by atoms with Crippen LogP contribution >= 0.6 is 0 Å². The van der Waals surface area contributed by atoms with Gasteiger partial charge in [-0.2, -0.15) is 8.42 Å². The molecule has 0 saturated carbocycles. The number of hydrogen-bond donors (Lipinski definition) is 2. The summed E-state index contributed by atoms with van der Waals surface area (Å²) in [4.78, 5) is 0. The Labute approximate surface area is 91.1 Å². The van der Waals surface area contributed by atoms with E-state index >= 15 is 0 Å². The van der Waals surface area contributed by atoms with Gasteiger partial charge in [-0.3, -0.25) is 4.55 Å². The average Bonchev–Trinajstić information content (AvgIpc) is 2.15. The summed E-state index contributed by atoms with van der Waals surface area (Å²) in [5, 5.41) is 2.95. The van der Waals surface area contributed by atoms with E-state index in [-0.39, 0.29) is 5.75 Å². The number of likely N-dealkylation sites (N-methyl/N-ethyl adjacent to an activating group) is 1. The minimum Gasteiger partial charge on any atom is -0.388 e. The minimum absolute atomic E-state index is 0.363. The number of hydrogen-bond acceptors (Lipinski definition) is 3. The van der Waals surface area contributed by atoms with Gasteiger partial charge in [-0.1, -0.05) is 25.2 Å². The van der Waals surface area contributed by atoms with Crippen molar-refractivity contribution in [1.82, 2.24) is 5.32 Å². The quantitative estimate of drug-likeness (QED) is 0.537. The normalized spacial score (nSPS) is 13.9. The average molecular weight is 231 g/mol. The molecule has 0 radical (unpaired) electrons. The van der Waals surface area contributed by atoms with Crippen LogP contribution in [0.4, 0.5) is 0 Å². The van der Waals surface area contributed by atoms with Gasteiger partial charge in [0.05, 0.1) is 5.75 Å². The molecule has 0 unspecified atom stereocenters. The third kappa shape index (κ3) is 9.24. The van der Waals surface area contributed by atoms with E-state index in [0.717, 1.165) is 12.1 Å². The van der Waals surface area contributed by atoms with E-state index in [2.05, 4.69) is 5.32 Å². The van der Waals surface area contributed by atoms with Gasteiger partial charge < -0.3 is 5.32 Å². The molecule has 0 aliphatic heterocycles. The molecule has 0 amide bonds. The minimum atomic E-state index is -3.90. The highest BCUT2D eigenvalue weighted by molar-refractivity contribution is 7.85. The molecule has 15 heavy (non-hydrogen) atoms. The van der Waals surface area contributed by atoms with Gasteiger partial charge in [0.1, 0.15) is 0 Å². The summed E-state index contributed by atoms with van der Waals surface area (Å²) in [6.07, 6.45) is 9.52. The lowest BCUT2D eigenvalue weighted by molar-refractivity contribution is 0.487. The van der Waals surface area contributed by atoms with E-state index in [9.17, 15) is 8.42 Å². The topological polar surface area (TPSA) is 66.4 Å². The van der Waals surface area contributed by atoms with Crippen molar-refractivity contribution >= 4 is 10.1 Å². The van der Waals surface area contributed by atoms with Crippen LogP contribution in [-0.2, 0) is 10.1 Å². The highest BCUT2D eigenvalue weighted by Gasteiger charge is 1.97. The predicted molar refractivity (Wildman–Crippen MR) is 62.1 cm³/mol. The zero-order chi connectivity index (χ0) is 11.7. The van der Waals surface area contributed by atoms with Crippen LogP contribution in [0.5, 0.6) is 0 Å². The maximum Gasteiger partial charge on any atom is 0.268 e. The summed E-state index contributed by atoms with van der Waals surface area (Å²) >= 11 is 0. The summed E-state index contributed by atoms with van der Waals surface area (Å²) < 4.78 is 29.2. The SMILES string of the molecule is CC\C=C/C(=C\C=C/CS(=O)(=O)O)NC. The highest BCUT2D eigenvalue weighted by Crippen LogP contribution is 1.94. The zero-order valence-corrected chi connectivity index (χ0v) is 9.79. The molecule has 2 N–H and O–H groups in total. The van der Waals surface area contributed by atoms with Crippen LogP contribution in [0.25, 0.3) is 0 Å². The Balaban J connectivity index is 4.28. The van der Waals surface area contributed by atoms with Gasteiger partial charge in [0.25, 0.3) is 10.1 Å². The van der Waals surface area contributed by atoms with Gasteiger partial charge in [0.2, 0.25) is 0 Å². The zero-order valence-electron chi connectivity index (χ0n) is 8.97. The van der Waals surface area contributed by atoms with Crippen molar-refractivity contribution < 1.29 is 13.0 Å².